The molecular weight excluding hydrogens is 303 g/mol. The molecule has 0 atom stereocenters. The molecule has 0 unspecified atom stereocenters. The third kappa shape index (κ3) is 3.70. The third-order valence-corrected chi connectivity index (χ3v) is 4.42. The molecule has 1 aliphatic heterocycles. The maximum Gasteiger partial charge on any atom is 0.0640 e. The van der Waals surface area contributed by atoms with Gasteiger partial charge >= 0.3 is 0 Å². The minimum atomic E-state index is 0.737. The van der Waals surface area contributed by atoms with Crippen LogP contribution >= 0.6 is 23.2 Å². The quantitative estimate of drug-likeness (QED) is 0.831. The lowest BCUT2D eigenvalue weighted by Crippen LogP contribution is -2.46. The van der Waals surface area contributed by atoms with Crippen LogP contribution < -0.4 is 4.90 Å². The highest BCUT2D eigenvalue weighted by atomic mass is 35.5. The lowest BCUT2D eigenvalue weighted by atomic mass is 10.2. The summed E-state index contributed by atoms with van der Waals surface area (Å²) in [6, 6.07) is 16.3. The zero-order valence-corrected chi connectivity index (χ0v) is 13.3. The van der Waals surface area contributed by atoms with E-state index in [9.17, 15) is 0 Å². The molecule has 0 bridgehead atoms. The fourth-order valence-electron chi connectivity index (χ4n) is 2.72. The highest BCUT2D eigenvalue weighted by molar-refractivity contribution is 6.35. The first kappa shape index (κ1) is 14.7. The first-order valence-electron chi connectivity index (χ1n) is 7.18. The van der Waals surface area contributed by atoms with Crippen molar-refractivity contribution >= 4 is 28.9 Å². The molecular formula is C17H18Cl2N2. The Morgan fingerprint density at radius 1 is 0.857 bits per heavy atom. The molecule has 0 N–H and O–H groups in total. The number of halogens is 2. The van der Waals surface area contributed by atoms with Crippen molar-refractivity contribution in [1.29, 1.82) is 0 Å². The average Bonchev–Trinajstić information content (AvgIpc) is 2.52. The number of hydrogen-bond acceptors (Lipinski definition) is 2. The Morgan fingerprint density at radius 2 is 1.57 bits per heavy atom. The van der Waals surface area contributed by atoms with Crippen LogP contribution in [0.1, 0.15) is 5.56 Å². The first-order chi connectivity index (χ1) is 10.2. The molecule has 0 spiro atoms. The summed E-state index contributed by atoms with van der Waals surface area (Å²) in [4.78, 5) is 4.79. The zero-order chi connectivity index (χ0) is 14.7. The molecule has 4 heteroatoms. The number of hydrogen-bond donors (Lipinski definition) is 0. The monoisotopic (exact) mass is 320 g/mol. The fraction of sp³-hybridized carbons (Fsp3) is 0.294. The zero-order valence-electron chi connectivity index (χ0n) is 11.8. The van der Waals surface area contributed by atoms with Crippen LogP contribution in [0.3, 0.4) is 0 Å². The molecule has 2 aromatic rings. The second-order valence-corrected chi connectivity index (χ2v) is 6.19. The van der Waals surface area contributed by atoms with Gasteiger partial charge in [0.1, 0.15) is 0 Å². The molecule has 2 aromatic carbocycles. The normalized spacial score (nSPS) is 16.2. The van der Waals surface area contributed by atoms with Crippen LogP contribution in [0.15, 0.2) is 48.5 Å². The third-order valence-electron chi connectivity index (χ3n) is 3.87. The second kappa shape index (κ2) is 6.69. The van der Waals surface area contributed by atoms with Gasteiger partial charge in [0.25, 0.3) is 0 Å². The van der Waals surface area contributed by atoms with E-state index in [0.29, 0.717) is 0 Å². The summed E-state index contributed by atoms with van der Waals surface area (Å²) < 4.78 is 0. The SMILES string of the molecule is Clc1ccc(Cl)c(N2CCN(Cc3ccccc3)CC2)c1. The minimum absolute atomic E-state index is 0.737. The predicted molar refractivity (Wildman–Crippen MR) is 90.4 cm³/mol. The van der Waals surface area contributed by atoms with Crippen molar-refractivity contribution in [1.82, 2.24) is 4.90 Å². The molecule has 0 saturated carbocycles. The highest BCUT2D eigenvalue weighted by Crippen LogP contribution is 2.29. The van der Waals surface area contributed by atoms with Crippen molar-refractivity contribution < 1.29 is 0 Å². The van der Waals surface area contributed by atoms with E-state index in [2.05, 4.69) is 40.1 Å². The van der Waals surface area contributed by atoms with E-state index in [1.807, 2.05) is 18.2 Å². The van der Waals surface area contributed by atoms with E-state index in [1.54, 1.807) is 0 Å². The van der Waals surface area contributed by atoms with Gasteiger partial charge in [0.2, 0.25) is 0 Å². The van der Waals surface area contributed by atoms with Crippen molar-refractivity contribution in [3.05, 3.63) is 64.1 Å². The molecule has 110 valence electrons. The highest BCUT2D eigenvalue weighted by Gasteiger charge is 2.19. The van der Waals surface area contributed by atoms with E-state index in [0.717, 1.165) is 48.5 Å². The lowest BCUT2D eigenvalue weighted by Gasteiger charge is -2.36. The minimum Gasteiger partial charge on any atom is -0.368 e. The van der Waals surface area contributed by atoms with Gasteiger partial charge in [0, 0.05) is 37.7 Å². The molecule has 0 aromatic heterocycles. The van der Waals surface area contributed by atoms with E-state index in [-0.39, 0.29) is 0 Å². The van der Waals surface area contributed by atoms with Crippen LogP contribution in [0.2, 0.25) is 10.0 Å². The molecule has 1 fully saturated rings. The van der Waals surface area contributed by atoms with Gasteiger partial charge in [-0.2, -0.15) is 0 Å². The predicted octanol–water partition coefficient (Wildman–Crippen LogP) is 4.32. The first-order valence-corrected chi connectivity index (χ1v) is 7.94. The number of benzene rings is 2. The molecule has 3 rings (SSSR count). The van der Waals surface area contributed by atoms with Crippen molar-refractivity contribution in [2.24, 2.45) is 0 Å². The van der Waals surface area contributed by atoms with Gasteiger partial charge in [-0.3, -0.25) is 4.90 Å². The summed E-state index contributed by atoms with van der Waals surface area (Å²) >= 11 is 12.4. The van der Waals surface area contributed by atoms with Gasteiger partial charge in [0.05, 0.1) is 10.7 Å². The summed E-state index contributed by atoms with van der Waals surface area (Å²) in [6.07, 6.45) is 0. The second-order valence-electron chi connectivity index (χ2n) is 5.34. The van der Waals surface area contributed by atoms with Crippen molar-refractivity contribution in [3.8, 4) is 0 Å². The summed E-state index contributed by atoms with van der Waals surface area (Å²) in [5, 5.41) is 1.51. The van der Waals surface area contributed by atoms with Crippen LogP contribution in [-0.4, -0.2) is 31.1 Å². The van der Waals surface area contributed by atoms with Gasteiger partial charge in [-0.25, -0.2) is 0 Å². The molecule has 0 radical (unpaired) electrons. The van der Waals surface area contributed by atoms with Crippen LogP contribution in [0.5, 0.6) is 0 Å². The van der Waals surface area contributed by atoms with E-state index in [1.165, 1.54) is 5.56 Å². The molecule has 0 aliphatic carbocycles. The maximum absolute atomic E-state index is 6.28. The molecule has 1 heterocycles. The van der Waals surface area contributed by atoms with Crippen LogP contribution in [-0.2, 0) is 6.54 Å². The van der Waals surface area contributed by atoms with Gasteiger partial charge in [-0.15, -0.1) is 0 Å². The van der Waals surface area contributed by atoms with Gasteiger partial charge in [-0.05, 0) is 23.8 Å². The molecule has 21 heavy (non-hydrogen) atoms. The number of rotatable bonds is 3. The molecule has 0 amide bonds. The lowest BCUT2D eigenvalue weighted by molar-refractivity contribution is 0.250. The van der Waals surface area contributed by atoms with Crippen LogP contribution in [0, 0.1) is 0 Å². The van der Waals surface area contributed by atoms with E-state index in [4.69, 9.17) is 23.2 Å². The van der Waals surface area contributed by atoms with Crippen molar-refractivity contribution in [3.63, 3.8) is 0 Å². The Morgan fingerprint density at radius 3 is 2.29 bits per heavy atom. The number of piperazine rings is 1. The average molecular weight is 321 g/mol. The van der Waals surface area contributed by atoms with E-state index < -0.39 is 0 Å². The largest absolute Gasteiger partial charge is 0.368 e. The van der Waals surface area contributed by atoms with Gasteiger partial charge in [0.15, 0.2) is 0 Å². The standard InChI is InChI=1S/C17H18Cl2N2/c18-15-6-7-16(19)17(12-15)21-10-8-20(9-11-21)13-14-4-2-1-3-5-14/h1-7,12H,8-11,13H2. The van der Waals surface area contributed by atoms with Crippen LogP contribution in [0.4, 0.5) is 5.69 Å². The van der Waals surface area contributed by atoms with E-state index >= 15 is 0 Å². The van der Waals surface area contributed by atoms with Gasteiger partial charge < -0.3 is 4.90 Å². The Bertz CT molecular complexity index is 593. The Balaban J connectivity index is 1.61. The fourth-order valence-corrected chi connectivity index (χ4v) is 3.12. The summed E-state index contributed by atoms with van der Waals surface area (Å²) in [6.45, 7) is 5.05. The Kier molecular flexibility index (Phi) is 4.69. The van der Waals surface area contributed by atoms with Gasteiger partial charge in [-0.1, -0.05) is 53.5 Å². The topological polar surface area (TPSA) is 6.48 Å². The Labute approximate surface area is 135 Å². The Hall–Kier alpha value is -1.22. The van der Waals surface area contributed by atoms with Crippen molar-refractivity contribution in [2.75, 3.05) is 31.1 Å². The molecule has 1 aliphatic rings. The maximum atomic E-state index is 6.28. The molecule has 2 nitrogen and oxygen atoms in total. The smallest absolute Gasteiger partial charge is 0.0640 e. The number of nitrogens with zero attached hydrogens (tertiary/aromatic N) is 2. The van der Waals surface area contributed by atoms with Crippen molar-refractivity contribution in [2.45, 2.75) is 6.54 Å². The number of anilines is 1. The summed E-state index contributed by atoms with van der Waals surface area (Å²) in [5.41, 5.74) is 2.41. The van der Waals surface area contributed by atoms with Crippen LogP contribution in [0.25, 0.3) is 0 Å². The summed E-state index contributed by atoms with van der Waals surface area (Å²) in [7, 11) is 0. The molecule has 1 saturated heterocycles. The summed E-state index contributed by atoms with van der Waals surface area (Å²) in [5.74, 6) is 0.